The number of rotatable bonds is 12. The fourth-order valence-electron chi connectivity index (χ4n) is 8.66. The van der Waals surface area contributed by atoms with Crippen LogP contribution in [-0.2, 0) is 19.5 Å². The van der Waals surface area contributed by atoms with E-state index in [0.29, 0.717) is 62.3 Å². The van der Waals surface area contributed by atoms with E-state index in [4.69, 9.17) is 30.8 Å². The van der Waals surface area contributed by atoms with E-state index >= 15 is 0 Å². The lowest BCUT2D eigenvalue weighted by Gasteiger charge is -2.37. The smallest absolute Gasteiger partial charge is 0.293 e. The summed E-state index contributed by atoms with van der Waals surface area (Å²) in [6.07, 6.45) is 5.36. The summed E-state index contributed by atoms with van der Waals surface area (Å²) in [4.78, 5) is 39.9. The van der Waals surface area contributed by atoms with Gasteiger partial charge in [0.05, 0.1) is 53.6 Å². The van der Waals surface area contributed by atoms with Crippen molar-refractivity contribution >= 4 is 72.6 Å². The second-order valence-corrected chi connectivity index (χ2v) is 17.9. The Labute approximate surface area is 364 Å². The van der Waals surface area contributed by atoms with E-state index in [0.717, 1.165) is 74.1 Å². The van der Waals surface area contributed by atoms with Crippen LogP contribution in [0.1, 0.15) is 41.6 Å². The number of sulfonamides is 1. The molecule has 0 saturated carbocycles. The van der Waals surface area contributed by atoms with Crippen LogP contribution in [0, 0.1) is 10.1 Å². The second kappa shape index (κ2) is 17.9. The molecule has 0 bridgehead atoms. The number of nitro benzene ring substituents is 1. The Hall–Kier alpha value is -5.72. The van der Waals surface area contributed by atoms with Crippen LogP contribution in [0.2, 0.25) is 5.02 Å². The number of aromatic amines is 1. The molecule has 5 aromatic rings. The number of carbonyl (C=O) groups excluding carboxylic acids is 1. The fraction of sp³-hybridized carbons (Fsp3) is 0.364. The Morgan fingerprint density at radius 3 is 2.56 bits per heavy atom. The molecule has 1 amide bonds. The zero-order valence-electron chi connectivity index (χ0n) is 34.0. The number of hydrogen-bond donors (Lipinski definition) is 3. The maximum atomic E-state index is 14.3. The molecule has 5 heterocycles. The van der Waals surface area contributed by atoms with Crippen molar-refractivity contribution in [3.8, 4) is 5.88 Å². The lowest BCUT2D eigenvalue weighted by atomic mass is 10.0. The molecule has 0 spiro atoms. The second-order valence-electron chi connectivity index (χ2n) is 15.8. The highest BCUT2D eigenvalue weighted by Gasteiger charge is 2.30. The molecule has 2 aromatic heterocycles. The van der Waals surface area contributed by atoms with E-state index < -0.39 is 31.4 Å². The number of benzene rings is 3. The molecule has 1 aliphatic carbocycles. The van der Waals surface area contributed by atoms with E-state index in [1.807, 2.05) is 41.3 Å². The number of pyridine rings is 1. The largest absolute Gasteiger partial charge is 0.476 e. The van der Waals surface area contributed by atoms with Gasteiger partial charge in [-0.1, -0.05) is 29.3 Å². The zero-order chi connectivity index (χ0) is 42.8. The summed E-state index contributed by atoms with van der Waals surface area (Å²) in [5, 5.41) is 16.7. The minimum atomic E-state index is -4.58. The van der Waals surface area contributed by atoms with Crippen molar-refractivity contribution in [3.63, 3.8) is 0 Å². The third-order valence-electron chi connectivity index (χ3n) is 11.8. The standard InChI is InChI=1S/C44H47ClN8O8S/c45-32-7-5-29(6-8-32)36-4-1-3-31(36)27-50-16-18-51(19-17-50)33-9-11-37(39(24-33)52-15-2-20-61-44-41(52)23-30-13-14-46-42(30)48-44)43(54)49-62(57,58)35-10-12-38(40(25-35)53(55)56)47-26-34-28-59-21-22-60-34/h5-14,23-25,34,47H,1-4,15-22,26-28H2,(H,46,48)(H,49,54). The van der Waals surface area contributed by atoms with Crippen molar-refractivity contribution in [2.75, 3.05) is 87.4 Å². The minimum Gasteiger partial charge on any atom is -0.476 e. The number of aromatic nitrogens is 2. The first-order valence-electron chi connectivity index (χ1n) is 20.8. The third kappa shape index (κ3) is 8.94. The quantitative estimate of drug-likeness (QED) is 0.0884. The number of nitro groups is 1. The molecule has 324 valence electrons. The first kappa shape index (κ1) is 41.6. The van der Waals surface area contributed by atoms with Crippen LogP contribution in [0.15, 0.2) is 89.5 Å². The molecule has 3 N–H and O–H groups in total. The van der Waals surface area contributed by atoms with Gasteiger partial charge in [-0.25, -0.2) is 13.1 Å². The molecule has 1 unspecified atom stereocenters. The Morgan fingerprint density at radius 1 is 0.935 bits per heavy atom. The van der Waals surface area contributed by atoms with Gasteiger partial charge in [0, 0.05) is 74.2 Å². The van der Waals surface area contributed by atoms with Gasteiger partial charge < -0.3 is 34.3 Å². The van der Waals surface area contributed by atoms with E-state index in [-0.39, 0.29) is 23.9 Å². The van der Waals surface area contributed by atoms with Crippen molar-refractivity contribution in [2.45, 2.75) is 36.7 Å². The summed E-state index contributed by atoms with van der Waals surface area (Å²) in [6.45, 7) is 6.36. The predicted molar refractivity (Wildman–Crippen MR) is 237 cm³/mol. The van der Waals surface area contributed by atoms with Crippen LogP contribution < -0.4 is 24.6 Å². The van der Waals surface area contributed by atoms with Gasteiger partial charge in [-0.05, 0) is 91.4 Å². The van der Waals surface area contributed by atoms with Crippen molar-refractivity contribution in [1.29, 1.82) is 0 Å². The molecular formula is C44H47ClN8O8S. The number of ether oxygens (including phenoxy) is 3. The Kier molecular flexibility index (Phi) is 12.0. The minimum absolute atomic E-state index is 0.100. The molecule has 1 atom stereocenters. The Balaban J connectivity index is 0.984. The SMILES string of the molecule is O=C(NS(=O)(=O)c1ccc(NCC2COCCO2)c([N+](=O)[O-])c1)c1ccc(N2CCN(CC3=C(c4ccc(Cl)cc4)CCC3)CC2)cc1N1CCCOc2nc3[nH]ccc3cc21. The van der Waals surface area contributed by atoms with Gasteiger partial charge in [0.2, 0.25) is 5.88 Å². The number of H-pyrrole nitrogens is 1. The normalized spacial score (nSPS) is 18.6. The number of allylic oxidation sites excluding steroid dienone is 1. The molecule has 62 heavy (non-hydrogen) atoms. The van der Waals surface area contributed by atoms with Crippen LogP contribution in [0.25, 0.3) is 16.6 Å². The van der Waals surface area contributed by atoms with Crippen molar-refractivity contribution < 1.29 is 32.3 Å². The number of nitrogens with zero attached hydrogens (tertiary/aromatic N) is 5. The van der Waals surface area contributed by atoms with Crippen molar-refractivity contribution in [3.05, 3.63) is 111 Å². The highest BCUT2D eigenvalue weighted by molar-refractivity contribution is 7.90. The van der Waals surface area contributed by atoms with Crippen LogP contribution in [0.4, 0.5) is 28.4 Å². The predicted octanol–water partition coefficient (Wildman–Crippen LogP) is 6.75. The van der Waals surface area contributed by atoms with Gasteiger partial charge >= 0.3 is 0 Å². The maximum absolute atomic E-state index is 14.3. The van der Waals surface area contributed by atoms with E-state index in [2.05, 4.69) is 37.0 Å². The zero-order valence-corrected chi connectivity index (χ0v) is 35.6. The molecule has 0 radical (unpaired) electrons. The molecule has 4 aliphatic rings. The van der Waals surface area contributed by atoms with Crippen molar-refractivity contribution in [2.24, 2.45) is 0 Å². The highest BCUT2D eigenvalue weighted by Crippen LogP contribution is 2.41. The van der Waals surface area contributed by atoms with E-state index in [1.165, 1.54) is 28.8 Å². The molecular weight excluding hydrogens is 836 g/mol. The number of fused-ring (bicyclic) bond motifs is 2. The number of amides is 1. The molecule has 9 rings (SSSR count). The summed E-state index contributed by atoms with van der Waals surface area (Å²) in [5.74, 6) is -0.502. The van der Waals surface area contributed by atoms with Gasteiger partial charge in [-0.2, -0.15) is 4.98 Å². The van der Waals surface area contributed by atoms with Gasteiger partial charge in [0.25, 0.3) is 21.6 Å². The van der Waals surface area contributed by atoms with E-state index in [1.54, 1.807) is 12.3 Å². The summed E-state index contributed by atoms with van der Waals surface area (Å²) in [6, 6.07) is 20.9. The Bertz CT molecular complexity index is 2620. The summed E-state index contributed by atoms with van der Waals surface area (Å²) in [7, 11) is -4.58. The number of carbonyl (C=O) groups is 1. The number of halogens is 1. The summed E-state index contributed by atoms with van der Waals surface area (Å²) < 4.78 is 47.1. The number of piperazine rings is 1. The van der Waals surface area contributed by atoms with Crippen LogP contribution in [-0.4, -0.2) is 112 Å². The monoisotopic (exact) mass is 882 g/mol. The van der Waals surface area contributed by atoms with Crippen molar-refractivity contribution in [1.82, 2.24) is 19.6 Å². The van der Waals surface area contributed by atoms with Gasteiger partial charge in [-0.3, -0.25) is 19.8 Å². The van der Waals surface area contributed by atoms with Gasteiger partial charge in [0.15, 0.2) is 0 Å². The first-order chi connectivity index (χ1) is 30.1. The molecule has 16 nitrogen and oxygen atoms in total. The molecule has 3 aliphatic heterocycles. The topological polar surface area (TPSA) is 185 Å². The average Bonchev–Trinajstić information content (AvgIpc) is 3.90. The van der Waals surface area contributed by atoms with Gasteiger partial charge in [0.1, 0.15) is 17.0 Å². The number of anilines is 4. The van der Waals surface area contributed by atoms with Crippen LogP contribution in [0.5, 0.6) is 5.88 Å². The third-order valence-corrected chi connectivity index (χ3v) is 13.4. The molecule has 2 fully saturated rings. The molecule has 2 saturated heterocycles. The van der Waals surface area contributed by atoms with Crippen LogP contribution >= 0.6 is 11.6 Å². The average molecular weight is 883 g/mol. The number of nitrogens with one attached hydrogen (secondary N) is 3. The maximum Gasteiger partial charge on any atom is 0.293 e. The fourth-order valence-corrected chi connectivity index (χ4v) is 9.77. The molecule has 3 aromatic carbocycles. The summed E-state index contributed by atoms with van der Waals surface area (Å²) >= 11 is 6.18. The van der Waals surface area contributed by atoms with Crippen LogP contribution in [0.3, 0.4) is 0 Å². The number of hydrogen-bond acceptors (Lipinski definition) is 13. The molecule has 18 heteroatoms. The van der Waals surface area contributed by atoms with E-state index in [9.17, 15) is 23.3 Å². The first-order valence-corrected chi connectivity index (χ1v) is 22.7. The lowest BCUT2D eigenvalue weighted by molar-refractivity contribution is -0.384. The Morgan fingerprint density at radius 2 is 1.77 bits per heavy atom. The lowest BCUT2D eigenvalue weighted by Crippen LogP contribution is -2.47. The summed E-state index contributed by atoms with van der Waals surface area (Å²) in [5.41, 5.74) is 6.53. The highest BCUT2D eigenvalue weighted by atomic mass is 35.5. The van der Waals surface area contributed by atoms with Gasteiger partial charge in [-0.15, -0.1) is 0 Å².